The molecule has 26 heavy (non-hydrogen) atoms. The van der Waals surface area contributed by atoms with E-state index in [4.69, 9.17) is 0 Å². The van der Waals surface area contributed by atoms with Crippen molar-refractivity contribution >= 4 is 9.84 Å². The van der Waals surface area contributed by atoms with Crippen molar-refractivity contribution in [3.63, 3.8) is 0 Å². The van der Waals surface area contributed by atoms with Gasteiger partial charge in [-0.2, -0.15) is 0 Å². The number of hydrogen-bond donors (Lipinski definition) is 1. The number of nitrogens with zero attached hydrogens (tertiary/aromatic N) is 1. The van der Waals surface area contributed by atoms with E-state index in [0.717, 1.165) is 38.8 Å². The van der Waals surface area contributed by atoms with Gasteiger partial charge < -0.3 is 5.11 Å². The molecule has 1 aliphatic rings. The smallest absolute Gasteiger partial charge is 0.178 e. The van der Waals surface area contributed by atoms with Gasteiger partial charge in [-0.05, 0) is 50.9 Å². The Kier molecular flexibility index (Phi) is 9.65. The predicted octanol–water partition coefficient (Wildman–Crippen LogP) is 4.04. The maximum absolute atomic E-state index is 12.2. The summed E-state index contributed by atoms with van der Waals surface area (Å²) >= 11 is 0. The molecule has 0 unspecified atom stereocenters. The molecule has 5 heteroatoms. The maximum Gasteiger partial charge on any atom is 0.178 e. The largest absolute Gasteiger partial charge is 0.395 e. The first-order valence-electron chi connectivity index (χ1n) is 10.3. The summed E-state index contributed by atoms with van der Waals surface area (Å²) < 4.78 is 24.3. The Morgan fingerprint density at radius 3 is 2.19 bits per heavy atom. The molecule has 148 valence electrons. The quantitative estimate of drug-likeness (QED) is 0.524. The van der Waals surface area contributed by atoms with Crippen LogP contribution in [0.4, 0.5) is 0 Å². The van der Waals surface area contributed by atoms with Gasteiger partial charge in [0.05, 0.1) is 17.3 Å². The molecule has 0 aromatic heterocycles. The molecule has 4 nitrogen and oxygen atoms in total. The normalized spacial score (nSPS) is 18.4. The van der Waals surface area contributed by atoms with Crippen LogP contribution in [0.2, 0.25) is 0 Å². The van der Waals surface area contributed by atoms with Gasteiger partial charge in [0.25, 0.3) is 0 Å². The molecule has 1 aromatic carbocycles. The van der Waals surface area contributed by atoms with Crippen molar-refractivity contribution in [2.75, 3.05) is 25.4 Å². The van der Waals surface area contributed by atoms with Crippen molar-refractivity contribution in [1.29, 1.82) is 0 Å². The Morgan fingerprint density at radius 1 is 0.923 bits per heavy atom. The molecule has 0 radical (unpaired) electrons. The standard InChI is InChI=1S/C21H35NO3S/c23-19-20-13-12-17-22(20)16-10-5-3-1-2-4-6-11-18-26(24,25)21-14-8-7-9-15-21/h7-9,14-15,20,23H,1-6,10-13,16-19H2/t20-/m1/s1. The number of rotatable bonds is 13. The van der Waals surface area contributed by atoms with Gasteiger partial charge in [0.2, 0.25) is 0 Å². The van der Waals surface area contributed by atoms with E-state index in [1.807, 2.05) is 6.07 Å². The number of hydrogen-bond acceptors (Lipinski definition) is 4. The van der Waals surface area contributed by atoms with Crippen molar-refractivity contribution in [2.24, 2.45) is 0 Å². The fourth-order valence-corrected chi connectivity index (χ4v) is 5.20. The predicted molar refractivity (Wildman–Crippen MR) is 107 cm³/mol. The van der Waals surface area contributed by atoms with Crippen LogP contribution in [0.5, 0.6) is 0 Å². The van der Waals surface area contributed by atoms with Gasteiger partial charge >= 0.3 is 0 Å². The first-order valence-corrected chi connectivity index (χ1v) is 11.9. The number of likely N-dealkylation sites (tertiary alicyclic amines) is 1. The molecule has 0 saturated carbocycles. The van der Waals surface area contributed by atoms with Crippen molar-refractivity contribution in [3.8, 4) is 0 Å². The average Bonchev–Trinajstić information content (AvgIpc) is 3.11. The highest BCUT2D eigenvalue weighted by atomic mass is 32.2. The highest BCUT2D eigenvalue weighted by Gasteiger charge is 2.22. The van der Waals surface area contributed by atoms with E-state index in [-0.39, 0.29) is 5.75 Å². The molecular formula is C21H35NO3S. The highest BCUT2D eigenvalue weighted by molar-refractivity contribution is 7.91. The molecule has 2 rings (SSSR count). The van der Waals surface area contributed by atoms with E-state index in [1.54, 1.807) is 24.3 Å². The first-order chi connectivity index (χ1) is 12.6. The molecule has 0 spiro atoms. The molecule has 0 aliphatic carbocycles. The third-order valence-electron chi connectivity index (χ3n) is 5.42. The fourth-order valence-electron chi connectivity index (χ4n) is 3.81. The summed E-state index contributed by atoms with van der Waals surface area (Å²) in [5.41, 5.74) is 0. The Bertz CT molecular complexity index is 589. The monoisotopic (exact) mass is 381 g/mol. The van der Waals surface area contributed by atoms with Crippen LogP contribution < -0.4 is 0 Å². The lowest BCUT2D eigenvalue weighted by molar-refractivity contribution is 0.157. The molecule has 1 heterocycles. The lowest BCUT2D eigenvalue weighted by Crippen LogP contribution is -2.32. The second-order valence-electron chi connectivity index (χ2n) is 7.47. The summed E-state index contributed by atoms with van der Waals surface area (Å²) in [6, 6.07) is 9.17. The third-order valence-corrected chi connectivity index (χ3v) is 7.24. The Balaban J connectivity index is 1.44. The summed E-state index contributed by atoms with van der Waals surface area (Å²) in [6.07, 6.45) is 11.5. The molecule has 1 fully saturated rings. The fraction of sp³-hybridized carbons (Fsp3) is 0.714. The van der Waals surface area contributed by atoms with Crippen LogP contribution in [-0.4, -0.2) is 49.9 Å². The molecule has 0 amide bonds. The summed E-state index contributed by atoms with van der Waals surface area (Å²) in [5.74, 6) is 0.263. The zero-order valence-electron chi connectivity index (χ0n) is 16.0. The number of aliphatic hydroxyl groups excluding tert-OH is 1. The number of aliphatic hydroxyl groups is 1. The van der Waals surface area contributed by atoms with E-state index in [1.165, 1.54) is 38.5 Å². The molecule has 1 saturated heterocycles. The summed E-state index contributed by atoms with van der Waals surface area (Å²) in [4.78, 5) is 2.88. The summed E-state index contributed by atoms with van der Waals surface area (Å²) in [7, 11) is -3.10. The molecule has 1 aromatic rings. The molecule has 1 aliphatic heterocycles. The van der Waals surface area contributed by atoms with E-state index in [0.29, 0.717) is 17.5 Å². The average molecular weight is 382 g/mol. The zero-order valence-corrected chi connectivity index (χ0v) is 16.8. The van der Waals surface area contributed by atoms with E-state index in [2.05, 4.69) is 4.90 Å². The molecule has 1 atom stereocenters. The van der Waals surface area contributed by atoms with Gasteiger partial charge in [-0.25, -0.2) is 8.42 Å². The third kappa shape index (κ3) is 7.37. The lowest BCUT2D eigenvalue weighted by Gasteiger charge is -2.22. The summed E-state index contributed by atoms with van der Waals surface area (Å²) in [6.45, 7) is 2.58. The zero-order chi connectivity index (χ0) is 18.7. The minimum atomic E-state index is -3.10. The van der Waals surface area contributed by atoms with E-state index < -0.39 is 9.84 Å². The van der Waals surface area contributed by atoms with Crippen LogP contribution in [0, 0.1) is 0 Å². The van der Waals surface area contributed by atoms with Crippen molar-refractivity contribution in [3.05, 3.63) is 30.3 Å². The van der Waals surface area contributed by atoms with Crippen LogP contribution in [0.25, 0.3) is 0 Å². The number of unbranched alkanes of at least 4 members (excludes halogenated alkanes) is 7. The first kappa shape index (κ1) is 21.4. The van der Waals surface area contributed by atoms with Crippen molar-refractivity contribution < 1.29 is 13.5 Å². The Morgan fingerprint density at radius 2 is 1.54 bits per heavy atom. The minimum Gasteiger partial charge on any atom is -0.395 e. The van der Waals surface area contributed by atoms with Crippen LogP contribution in [-0.2, 0) is 9.84 Å². The second-order valence-corrected chi connectivity index (χ2v) is 9.58. The van der Waals surface area contributed by atoms with Gasteiger partial charge in [0.15, 0.2) is 9.84 Å². The van der Waals surface area contributed by atoms with Gasteiger partial charge in [-0.1, -0.05) is 56.7 Å². The lowest BCUT2D eigenvalue weighted by atomic mass is 10.1. The molecule has 0 bridgehead atoms. The number of sulfone groups is 1. The van der Waals surface area contributed by atoms with Gasteiger partial charge in [0, 0.05) is 6.04 Å². The van der Waals surface area contributed by atoms with Crippen LogP contribution in [0.15, 0.2) is 35.2 Å². The SMILES string of the molecule is O=S(=O)(CCCCCCCCCCN1CCC[C@@H]1CO)c1ccccc1. The molecular weight excluding hydrogens is 346 g/mol. The minimum absolute atomic E-state index is 0.263. The van der Waals surface area contributed by atoms with Crippen molar-refractivity contribution in [2.45, 2.75) is 75.1 Å². The second kappa shape index (κ2) is 11.7. The Hall–Kier alpha value is -0.910. The van der Waals surface area contributed by atoms with Crippen molar-refractivity contribution in [1.82, 2.24) is 4.90 Å². The van der Waals surface area contributed by atoms with E-state index in [9.17, 15) is 13.5 Å². The van der Waals surface area contributed by atoms with Crippen LogP contribution >= 0.6 is 0 Å². The number of benzene rings is 1. The van der Waals surface area contributed by atoms with Gasteiger partial charge in [-0.15, -0.1) is 0 Å². The van der Waals surface area contributed by atoms with Crippen LogP contribution in [0.3, 0.4) is 0 Å². The summed E-state index contributed by atoms with van der Waals surface area (Å²) in [5, 5.41) is 9.32. The van der Waals surface area contributed by atoms with E-state index >= 15 is 0 Å². The van der Waals surface area contributed by atoms with Gasteiger partial charge in [0.1, 0.15) is 0 Å². The highest BCUT2D eigenvalue weighted by Crippen LogP contribution is 2.18. The maximum atomic E-state index is 12.2. The topological polar surface area (TPSA) is 57.6 Å². The molecule has 1 N–H and O–H groups in total. The van der Waals surface area contributed by atoms with Gasteiger partial charge in [-0.3, -0.25) is 4.90 Å². The Labute approximate surface area is 159 Å². The van der Waals surface area contributed by atoms with Crippen LogP contribution in [0.1, 0.15) is 64.2 Å².